The zero-order chi connectivity index (χ0) is 12.8. The fourth-order valence-electron chi connectivity index (χ4n) is 2.23. The summed E-state index contributed by atoms with van der Waals surface area (Å²) < 4.78 is 5.78. The number of aliphatic hydroxyl groups is 1. The van der Waals surface area contributed by atoms with Crippen molar-refractivity contribution >= 4 is 6.08 Å². The van der Waals surface area contributed by atoms with Gasteiger partial charge in [-0.25, -0.2) is 0 Å². The second-order valence-corrected chi connectivity index (χ2v) is 4.93. The number of hydrogen-bond donors (Lipinski definition) is 1. The van der Waals surface area contributed by atoms with E-state index in [0.717, 1.165) is 6.42 Å². The summed E-state index contributed by atoms with van der Waals surface area (Å²) in [5.41, 5.74) is 0.722. The van der Waals surface area contributed by atoms with Gasteiger partial charge in [0.1, 0.15) is 11.5 Å². The Morgan fingerprint density at radius 1 is 1.47 bits per heavy atom. The van der Waals surface area contributed by atoms with Crippen LogP contribution >= 0.6 is 0 Å². The highest BCUT2D eigenvalue weighted by Crippen LogP contribution is 2.37. The molecule has 0 spiro atoms. The molecule has 0 saturated heterocycles. The summed E-state index contributed by atoms with van der Waals surface area (Å²) in [5, 5.41) is 10.1. The third-order valence-corrected chi connectivity index (χ3v) is 3.96. The predicted molar refractivity (Wildman–Crippen MR) is 67.1 cm³/mol. The average molecular weight is 234 g/mol. The molecule has 0 aliphatic heterocycles. The largest absolute Gasteiger partial charge is 0.464 e. The Labute approximate surface area is 101 Å². The molecular formula is C14H18O3. The molecule has 0 aromatic carbocycles. The van der Waals surface area contributed by atoms with E-state index in [9.17, 15) is 9.90 Å². The maximum absolute atomic E-state index is 12.2. The van der Waals surface area contributed by atoms with Crippen LogP contribution in [0.3, 0.4) is 0 Å². The number of rotatable bonds is 1. The zero-order valence-corrected chi connectivity index (χ0v) is 10.7. The molecule has 2 rings (SSSR count). The van der Waals surface area contributed by atoms with Crippen molar-refractivity contribution in [1.29, 1.82) is 0 Å². The van der Waals surface area contributed by atoms with Gasteiger partial charge in [0, 0.05) is 5.56 Å². The fourth-order valence-corrected chi connectivity index (χ4v) is 2.23. The Balaban J connectivity index is 2.80. The minimum atomic E-state index is -0.606. The molecule has 92 valence electrons. The fraction of sp³-hybridized carbons (Fsp3) is 0.500. The van der Waals surface area contributed by atoms with Crippen LogP contribution in [0.5, 0.6) is 0 Å². The van der Waals surface area contributed by atoms with Gasteiger partial charge in [0.15, 0.2) is 5.43 Å². The van der Waals surface area contributed by atoms with Crippen molar-refractivity contribution in [3.05, 3.63) is 38.9 Å². The average Bonchev–Trinajstić information content (AvgIpc) is 2.32. The minimum absolute atomic E-state index is 0.00609. The molecule has 1 N–H and O–H groups in total. The van der Waals surface area contributed by atoms with Crippen LogP contribution in [-0.4, -0.2) is 11.2 Å². The first-order chi connectivity index (χ1) is 7.91. The van der Waals surface area contributed by atoms with Crippen LogP contribution in [0.2, 0.25) is 0 Å². The lowest BCUT2D eigenvalue weighted by Crippen LogP contribution is -2.39. The quantitative estimate of drug-likeness (QED) is 0.811. The molecule has 1 heterocycles. The molecule has 0 radical (unpaired) electrons. The van der Waals surface area contributed by atoms with Gasteiger partial charge in [-0.2, -0.15) is 0 Å². The van der Waals surface area contributed by atoms with E-state index in [0.29, 0.717) is 22.6 Å². The van der Waals surface area contributed by atoms with E-state index >= 15 is 0 Å². The van der Waals surface area contributed by atoms with Gasteiger partial charge in [-0.3, -0.25) is 4.79 Å². The van der Waals surface area contributed by atoms with Gasteiger partial charge in [-0.05, 0) is 33.3 Å². The van der Waals surface area contributed by atoms with Crippen LogP contribution in [0.25, 0.3) is 6.08 Å². The third kappa shape index (κ3) is 1.57. The van der Waals surface area contributed by atoms with Gasteiger partial charge in [0.05, 0.1) is 17.1 Å². The van der Waals surface area contributed by atoms with Gasteiger partial charge in [-0.15, -0.1) is 0 Å². The van der Waals surface area contributed by atoms with Gasteiger partial charge in [0.2, 0.25) is 0 Å². The van der Waals surface area contributed by atoms with E-state index in [4.69, 9.17) is 4.42 Å². The maximum Gasteiger partial charge on any atom is 0.195 e. The second-order valence-electron chi connectivity index (χ2n) is 4.93. The van der Waals surface area contributed by atoms with Crippen molar-refractivity contribution in [2.75, 3.05) is 0 Å². The zero-order valence-electron chi connectivity index (χ0n) is 10.7. The summed E-state index contributed by atoms with van der Waals surface area (Å²) >= 11 is 0. The molecule has 0 fully saturated rings. The van der Waals surface area contributed by atoms with Gasteiger partial charge >= 0.3 is 0 Å². The van der Waals surface area contributed by atoms with Crippen molar-refractivity contribution < 1.29 is 9.52 Å². The molecule has 0 amide bonds. The molecule has 1 aliphatic carbocycles. The van der Waals surface area contributed by atoms with Crippen LogP contribution in [-0.2, 0) is 5.41 Å². The molecule has 1 aromatic heterocycles. The molecule has 1 aromatic rings. The Morgan fingerprint density at radius 2 is 2.12 bits per heavy atom. The SMILES string of the molecule is CCC1(C)c2oc(C)c(C)c(=O)c2C=CC1O. The minimum Gasteiger partial charge on any atom is -0.464 e. The standard InChI is InChI=1S/C14H18O3/c1-5-14(4)11(15)7-6-10-12(16)8(2)9(3)17-13(10)14/h6-7,11,15H,5H2,1-4H3. The summed E-state index contributed by atoms with van der Waals surface area (Å²) in [7, 11) is 0. The number of aliphatic hydroxyl groups excluding tert-OH is 1. The predicted octanol–water partition coefficient (Wildman–Crippen LogP) is 2.31. The van der Waals surface area contributed by atoms with E-state index in [1.54, 1.807) is 26.0 Å². The Bertz CT molecular complexity index is 539. The highest BCUT2D eigenvalue weighted by atomic mass is 16.3. The van der Waals surface area contributed by atoms with E-state index in [1.165, 1.54) is 0 Å². The van der Waals surface area contributed by atoms with Crippen molar-refractivity contribution in [2.45, 2.75) is 45.6 Å². The molecule has 3 nitrogen and oxygen atoms in total. The highest BCUT2D eigenvalue weighted by molar-refractivity contribution is 5.58. The molecule has 17 heavy (non-hydrogen) atoms. The summed E-state index contributed by atoms with van der Waals surface area (Å²) in [6, 6.07) is 0. The first-order valence-corrected chi connectivity index (χ1v) is 5.93. The molecule has 1 aliphatic rings. The molecule has 0 bridgehead atoms. The van der Waals surface area contributed by atoms with Crippen molar-refractivity contribution in [2.24, 2.45) is 0 Å². The van der Waals surface area contributed by atoms with Crippen LogP contribution < -0.4 is 5.43 Å². The Morgan fingerprint density at radius 3 is 2.71 bits per heavy atom. The second kappa shape index (κ2) is 3.84. The van der Waals surface area contributed by atoms with E-state index in [-0.39, 0.29) is 5.43 Å². The van der Waals surface area contributed by atoms with Gasteiger partial charge in [0.25, 0.3) is 0 Å². The van der Waals surface area contributed by atoms with Crippen molar-refractivity contribution in [3.63, 3.8) is 0 Å². The summed E-state index contributed by atoms with van der Waals surface area (Å²) in [5.74, 6) is 1.25. The highest BCUT2D eigenvalue weighted by Gasteiger charge is 2.39. The van der Waals surface area contributed by atoms with Crippen molar-refractivity contribution in [1.82, 2.24) is 0 Å². The maximum atomic E-state index is 12.2. The molecule has 3 heteroatoms. The van der Waals surface area contributed by atoms with Crippen LogP contribution in [0.15, 0.2) is 15.3 Å². The number of aryl methyl sites for hydroxylation is 1. The summed E-state index contributed by atoms with van der Waals surface area (Å²) in [4.78, 5) is 12.2. The molecular weight excluding hydrogens is 216 g/mol. The lowest BCUT2D eigenvalue weighted by atomic mass is 9.74. The normalized spacial score (nSPS) is 27.0. The topological polar surface area (TPSA) is 50.4 Å². The van der Waals surface area contributed by atoms with Crippen LogP contribution in [0.1, 0.15) is 42.9 Å². The van der Waals surface area contributed by atoms with E-state index in [2.05, 4.69) is 0 Å². The van der Waals surface area contributed by atoms with E-state index in [1.807, 2.05) is 13.8 Å². The van der Waals surface area contributed by atoms with Gasteiger partial charge in [-0.1, -0.05) is 13.0 Å². The van der Waals surface area contributed by atoms with Crippen LogP contribution in [0.4, 0.5) is 0 Å². The third-order valence-electron chi connectivity index (χ3n) is 3.96. The lowest BCUT2D eigenvalue weighted by Gasteiger charge is -2.34. The lowest BCUT2D eigenvalue weighted by molar-refractivity contribution is 0.109. The Hall–Kier alpha value is -1.35. The van der Waals surface area contributed by atoms with Crippen molar-refractivity contribution in [3.8, 4) is 0 Å². The smallest absolute Gasteiger partial charge is 0.195 e. The summed E-state index contributed by atoms with van der Waals surface area (Å²) in [6.45, 7) is 7.47. The molecule has 2 unspecified atom stereocenters. The van der Waals surface area contributed by atoms with Crippen LogP contribution in [0, 0.1) is 13.8 Å². The van der Waals surface area contributed by atoms with E-state index < -0.39 is 11.5 Å². The number of fused-ring (bicyclic) bond motifs is 1. The molecule has 2 atom stereocenters. The Kier molecular flexibility index (Phi) is 2.74. The monoisotopic (exact) mass is 234 g/mol. The summed E-state index contributed by atoms with van der Waals surface area (Å²) in [6.07, 6.45) is 3.47. The number of hydrogen-bond acceptors (Lipinski definition) is 3. The molecule has 0 saturated carbocycles. The first kappa shape index (κ1) is 12.1. The van der Waals surface area contributed by atoms with Gasteiger partial charge < -0.3 is 9.52 Å². The first-order valence-electron chi connectivity index (χ1n) is 5.93.